The van der Waals surface area contributed by atoms with E-state index < -0.39 is 5.41 Å². The molecular formula is C16H31NO3. The van der Waals surface area contributed by atoms with Crippen LogP contribution in [0.3, 0.4) is 0 Å². The molecule has 0 aromatic rings. The van der Waals surface area contributed by atoms with Gasteiger partial charge in [0, 0.05) is 23.9 Å². The van der Waals surface area contributed by atoms with E-state index in [0.717, 1.165) is 19.3 Å². The maximum atomic E-state index is 12.3. The van der Waals surface area contributed by atoms with E-state index in [9.17, 15) is 4.79 Å². The van der Waals surface area contributed by atoms with Gasteiger partial charge in [-0.3, -0.25) is 4.79 Å². The van der Waals surface area contributed by atoms with E-state index in [-0.39, 0.29) is 23.2 Å². The van der Waals surface area contributed by atoms with Crippen LogP contribution in [0.2, 0.25) is 0 Å². The molecule has 0 aliphatic carbocycles. The molecule has 4 heteroatoms. The van der Waals surface area contributed by atoms with Crippen molar-refractivity contribution in [3.8, 4) is 0 Å². The number of esters is 1. The first-order chi connectivity index (χ1) is 8.96. The van der Waals surface area contributed by atoms with E-state index in [1.54, 1.807) is 7.11 Å². The van der Waals surface area contributed by atoms with Gasteiger partial charge in [0.1, 0.15) is 6.10 Å². The van der Waals surface area contributed by atoms with Crippen LogP contribution in [0.4, 0.5) is 0 Å². The Morgan fingerprint density at radius 3 is 2.00 bits per heavy atom. The average molecular weight is 285 g/mol. The van der Waals surface area contributed by atoms with Crippen LogP contribution in [0.25, 0.3) is 0 Å². The monoisotopic (exact) mass is 285 g/mol. The SMILES string of the molecule is CCC(C)(C)C(=O)OC1CC(C)(C)N(OC)C(C)(C)C1. The molecule has 1 fully saturated rings. The zero-order valence-electron chi connectivity index (χ0n) is 14.4. The fourth-order valence-corrected chi connectivity index (χ4v) is 3.20. The fourth-order valence-electron chi connectivity index (χ4n) is 3.20. The molecule has 1 saturated heterocycles. The number of carbonyl (C=O) groups excluding carboxylic acids is 1. The normalized spacial score (nSPS) is 23.6. The zero-order chi connectivity index (χ0) is 15.8. The molecule has 118 valence electrons. The molecule has 20 heavy (non-hydrogen) atoms. The molecule has 0 spiro atoms. The highest BCUT2D eigenvalue weighted by atomic mass is 16.7. The van der Waals surface area contributed by atoms with Gasteiger partial charge in [-0.1, -0.05) is 6.92 Å². The Morgan fingerprint density at radius 1 is 1.20 bits per heavy atom. The molecule has 1 rings (SSSR count). The summed E-state index contributed by atoms with van der Waals surface area (Å²) in [6.45, 7) is 14.4. The molecule has 1 heterocycles. The maximum absolute atomic E-state index is 12.3. The maximum Gasteiger partial charge on any atom is 0.311 e. The van der Waals surface area contributed by atoms with Crippen LogP contribution >= 0.6 is 0 Å². The van der Waals surface area contributed by atoms with Crippen molar-refractivity contribution >= 4 is 5.97 Å². The lowest BCUT2D eigenvalue weighted by Crippen LogP contribution is -2.61. The second kappa shape index (κ2) is 5.64. The van der Waals surface area contributed by atoms with Gasteiger partial charge >= 0.3 is 5.97 Å². The van der Waals surface area contributed by atoms with Gasteiger partial charge in [-0.25, -0.2) is 0 Å². The second-order valence-electron chi connectivity index (χ2n) is 7.77. The third-order valence-corrected chi connectivity index (χ3v) is 4.45. The van der Waals surface area contributed by atoms with Crippen LogP contribution in [-0.2, 0) is 14.4 Å². The summed E-state index contributed by atoms with van der Waals surface area (Å²) in [5.74, 6) is -0.0949. The fraction of sp³-hybridized carbons (Fsp3) is 0.938. The summed E-state index contributed by atoms with van der Waals surface area (Å²) in [6, 6.07) is 0. The molecule has 0 radical (unpaired) electrons. The molecule has 4 nitrogen and oxygen atoms in total. The number of rotatable bonds is 4. The van der Waals surface area contributed by atoms with E-state index in [4.69, 9.17) is 9.57 Å². The minimum atomic E-state index is -0.410. The van der Waals surface area contributed by atoms with Crippen LogP contribution in [0, 0.1) is 5.41 Å². The lowest BCUT2D eigenvalue weighted by molar-refractivity contribution is -0.278. The average Bonchev–Trinajstić information content (AvgIpc) is 2.25. The van der Waals surface area contributed by atoms with Gasteiger partial charge in [0.05, 0.1) is 12.5 Å². The first kappa shape index (κ1) is 17.4. The van der Waals surface area contributed by atoms with Gasteiger partial charge in [0.2, 0.25) is 0 Å². The van der Waals surface area contributed by atoms with Crippen molar-refractivity contribution in [1.82, 2.24) is 5.06 Å². The molecule has 1 aliphatic heterocycles. The summed E-state index contributed by atoms with van der Waals surface area (Å²) < 4.78 is 5.79. The number of nitrogens with zero attached hydrogens (tertiary/aromatic N) is 1. The summed E-state index contributed by atoms with van der Waals surface area (Å²) in [4.78, 5) is 17.8. The molecule has 0 saturated carbocycles. The van der Waals surface area contributed by atoms with Gasteiger partial charge in [-0.2, -0.15) is 5.06 Å². The van der Waals surface area contributed by atoms with Crippen LogP contribution in [0.5, 0.6) is 0 Å². The minimum Gasteiger partial charge on any atom is -0.462 e. The molecule has 0 aromatic heterocycles. The third kappa shape index (κ3) is 3.53. The molecule has 0 N–H and O–H groups in total. The Bertz CT molecular complexity index is 343. The number of carbonyl (C=O) groups is 1. The van der Waals surface area contributed by atoms with Gasteiger partial charge in [-0.05, 0) is 48.0 Å². The van der Waals surface area contributed by atoms with Crippen molar-refractivity contribution in [3.05, 3.63) is 0 Å². The first-order valence-corrected chi connectivity index (χ1v) is 7.52. The Morgan fingerprint density at radius 2 is 1.65 bits per heavy atom. The number of hydrogen-bond donors (Lipinski definition) is 0. The highest BCUT2D eigenvalue weighted by Gasteiger charge is 2.48. The predicted octanol–water partition coefficient (Wildman–Crippen LogP) is 3.55. The Balaban J connectivity index is 2.83. The van der Waals surface area contributed by atoms with E-state index in [0.29, 0.717) is 0 Å². The third-order valence-electron chi connectivity index (χ3n) is 4.45. The second-order valence-corrected chi connectivity index (χ2v) is 7.77. The van der Waals surface area contributed by atoms with E-state index in [2.05, 4.69) is 27.7 Å². The Hall–Kier alpha value is -0.610. The molecule has 1 aliphatic rings. The topological polar surface area (TPSA) is 38.8 Å². The van der Waals surface area contributed by atoms with Crippen LogP contribution in [0.1, 0.15) is 67.7 Å². The highest BCUT2D eigenvalue weighted by molar-refractivity contribution is 5.76. The van der Waals surface area contributed by atoms with Gasteiger partial charge in [-0.15, -0.1) is 0 Å². The summed E-state index contributed by atoms with van der Waals surface area (Å²) in [6.07, 6.45) is 2.31. The number of hydroxylamine groups is 2. The summed E-state index contributed by atoms with van der Waals surface area (Å²) >= 11 is 0. The van der Waals surface area contributed by atoms with Crippen molar-refractivity contribution in [1.29, 1.82) is 0 Å². The summed E-state index contributed by atoms with van der Waals surface area (Å²) in [7, 11) is 1.70. The Labute approximate surface area is 123 Å². The van der Waals surface area contributed by atoms with Crippen molar-refractivity contribution < 1.29 is 14.4 Å². The largest absolute Gasteiger partial charge is 0.462 e. The molecule has 0 amide bonds. The quantitative estimate of drug-likeness (QED) is 0.740. The number of ether oxygens (including phenoxy) is 1. The number of piperidine rings is 1. The Kier molecular flexibility index (Phi) is 4.92. The van der Waals surface area contributed by atoms with E-state index in [1.165, 1.54) is 0 Å². The van der Waals surface area contributed by atoms with E-state index in [1.807, 2.05) is 25.8 Å². The number of hydrogen-bond acceptors (Lipinski definition) is 4. The van der Waals surface area contributed by atoms with Gasteiger partial charge in [0.25, 0.3) is 0 Å². The van der Waals surface area contributed by atoms with Gasteiger partial charge < -0.3 is 9.57 Å². The highest BCUT2D eigenvalue weighted by Crippen LogP contribution is 2.40. The van der Waals surface area contributed by atoms with Crippen molar-refractivity contribution in [2.24, 2.45) is 5.41 Å². The summed E-state index contributed by atoms with van der Waals surface area (Å²) in [5.41, 5.74) is -0.720. The smallest absolute Gasteiger partial charge is 0.311 e. The first-order valence-electron chi connectivity index (χ1n) is 7.52. The van der Waals surface area contributed by atoms with Gasteiger partial charge in [0.15, 0.2) is 0 Å². The van der Waals surface area contributed by atoms with Crippen LogP contribution < -0.4 is 0 Å². The van der Waals surface area contributed by atoms with E-state index >= 15 is 0 Å². The molecule has 0 atom stereocenters. The molecule has 0 unspecified atom stereocenters. The van der Waals surface area contributed by atoms with Crippen molar-refractivity contribution in [2.75, 3.05) is 7.11 Å². The lowest BCUT2D eigenvalue weighted by atomic mass is 9.80. The lowest BCUT2D eigenvalue weighted by Gasteiger charge is -2.53. The van der Waals surface area contributed by atoms with Crippen LogP contribution in [-0.4, -0.2) is 35.3 Å². The molecule has 0 bridgehead atoms. The van der Waals surface area contributed by atoms with Crippen LogP contribution in [0.15, 0.2) is 0 Å². The zero-order valence-corrected chi connectivity index (χ0v) is 14.4. The molecular weight excluding hydrogens is 254 g/mol. The minimum absolute atomic E-state index is 0.0512. The van der Waals surface area contributed by atoms with Crippen molar-refractivity contribution in [2.45, 2.75) is 84.9 Å². The molecule has 0 aromatic carbocycles. The standard InChI is InChI=1S/C16H31NO3/c1-9-14(2,3)13(18)20-12-10-15(4,5)17(19-8)16(6,7)11-12/h12H,9-11H2,1-8H3. The van der Waals surface area contributed by atoms with Crippen molar-refractivity contribution in [3.63, 3.8) is 0 Å². The summed E-state index contributed by atoms with van der Waals surface area (Å²) in [5, 5.41) is 2.02. The predicted molar refractivity (Wildman–Crippen MR) is 80.2 cm³/mol.